The molecule has 1 fully saturated rings. The summed E-state index contributed by atoms with van der Waals surface area (Å²) in [5.41, 5.74) is 1.20. The van der Waals surface area contributed by atoms with Crippen molar-refractivity contribution in [1.82, 2.24) is 10.2 Å². The lowest BCUT2D eigenvalue weighted by atomic mass is 10.1. The molecule has 1 aliphatic rings. The predicted molar refractivity (Wildman–Crippen MR) is 109 cm³/mol. The SMILES string of the molecule is CC1CN(C(=O)Cc2ccc(NS(=O)(=O)c3ccc(F)cc3)cc2)CCN1.Cl. The third-order valence-corrected chi connectivity index (χ3v) is 5.80. The van der Waals surface area contributed by atoms with Crippen LogP contribution in [0, 0.1) is 5.82 Å². The lowest BCUT2D eigenvalue weighted by molar-refractivity contribution is -0.131. The monoisotopic (exact) mass is 427 g/mol. The summed E-state index contributed by atoms with van der Waals surface area (Å²) in [4.78, 5) is 14.2. The molecule has 9 heteroatoms. The Kier molecular flexibility index (Phi) is 7.40. The molecule has 0 aromatic heterocycles. The lowest BCUT2D eigenvalue weighted by Gasteiger charge is -2.32. The van der Waals surface area contributed by atoms with E-state index in [0.717, 1.165) is 24.2 Å². The van der Waals surface area contributed by atoms with Crippen LogP contribution in [0.2, 0.25) is 0 Å². The Morgan fingerprint density at radius 1 is 1.18 bits per heavy atom. The maximum atomic E-state index is 13.0. The van der Waals surface area contributed by atoms with Crippen LogP contribution in [0.15, 0.2) is 53.4 Å². The fraction of sp³-hybridized carbons (Fsp3) is 0.316. The Hall–Kier alpha value is -2.16. The Morgan fingerprint density at radius 3 is 2.43 bits per heavy atom. The number of sulfonamides is 1. The summed E-state index contributed by atoms with van der Waals surface area (Å²) in [6, 6.07) is 11.6. The van der Waals surface area contributed by atoms with E-state index in [4.69, 9.17) is 0 Å². The molecule has 1 atom stereocenters. The van der Waals surface area contributed by atoms with Crippen LogP contribution in [0.1, 0.15) is 12.5 Å². The molecule has 1 amide bonds. The molecule has 152 valence electrons. The fourth-order valence-corrected chi connectivity index (χ4v) is 4.02. The number of rotatable bonds is 5. The lowest BCUT2D eigenvalue weighted by Crippen LogP contribution is -2.51. The Morgan fingerprint density at radius 2 is 1.82 bits per heavy atom. The average Bonchev–Trinajstić information content (AvgIpc) is 2.63. The molecule has 28 heavy (non-hydrogen) atoms. The molecular weight excluding hydrogens is 405 g/mol. The van der Waals surface area contributed by atoms with Crippen LogP contribution >= 0.6 is 12.4 Å². The first-order chi connectivity index (χ1) is 12.8. The van der Waals surface area contributed by atoms with Crippen molar-refractivity contribution in [3.05, 3.63) is 59.9 Å². The van der Waals surface area contributed by atoms with Gasteiger partial charge in [0.1, 0.15) is 5.82 Å². The quantitative estimate of drug-likeness (QED) is 0.768. The Balaban J connectivity index is 0.00000280. The summed E-state index contributed by atoms with van der Waals surface area (Å²) < 4.78 is 40.0. The molecule has 2 aromatic rings. The first kappa shape index (κ1) is 22.1. The second-order valence-corrected chi connectivity index (χ2v) is 8.31. The highest BCUT2D eigenvalue weighted by Gasteiger charge is 2.20. The van der Waals surface area contributed by atoms with Gasteiger partial charge in [-0.05, 0) is 48.9 Å². The minimum absolute atomic E-state index is 0. The largest absolute Gasteiger partial charge is 0.340 e. The molecule has 0 aliphatic carbocycles. The van der Waals surface area contributed by atoms with Crippen LogP contribution in [0.5, 0.6) is 0 Å². The average molecular weight is 428 g/mol. The third-order valence-electron chi connectivity index (χ3n) is 4.41. The zero-order valence-electron chi connectivity index (χ0n) is 15.4. The van der Waals surface area contributed by atoms with Crippen molar-refractivity contribution in [3.63, 3.8) is 0 Å². The van der Waals surface area contributed by atoms with Gasteiger partial charge in [-0.1, -0.05) is 12.1 Å². The van der Waals surface area contributed by atoms with Gasteiger partial charge in [0.15, 0.2) is 0 Å². The molecule has 2 aromatic carbocycles. The van der Waals surface area contributed by atoms with E-state index in [1.807, 2.05) is 11.8 Å². The molecule has 0 bridgehead atoms. The molecule has 1 aliphatic heterocycles. The summed E-state index contributed by atoms with van der Waals surface area (Å²) in [7, 11) is -3.79. The van der Waals surface area contributed by atoms with E-state index in [0.29, 0.717) is 18.8 Å². The number of anilines is 1. The maximum absolute atomic E-state index is 13.0. The van der Waals surface area contributed by atoms with E-state index in [9.17, 15) is 17.6 Å². The standard InChI is InChI=1S/C19H22FN3O3S.ClH/c1-14-13-23(11-10-21-14)19(24)12-15-2-6-17(7-3-15)22-27(25,26)18-8-4-16(20)5-9-18;/h2-9,14,21-22H,10-13H2,1H3;1H. The number of nitrogens with one attached hydrogen (secondary N) is 2. The van der Waals surface area contributed by atoms with Crippen molar-refractivity contribution < 1.29 is 17.6 Å². The number of halogens is 2. The first-order valence-corrected chi connectivity index (χ1v) is 10.2. The number of carbonyl (C=O) groups is 1. The maximum Gasteiger partial charge on any atom is 0.261 e. The number of hydrogen-bond donors (Lipinski definition) is 2. The van der Waals surface area contributed by atoms with Crippen molar-refractivity contribution in [2.45, 2.75) is 24.3 Å². The van der Waals surface area contributed by atoms with Crippen molar-refractivity contribution >= 4 is 34.0 Å². The van der Waals surface area contributed by atoms with Gasteiger partial charge in [-0.3, -0.25) is 9.52 Å². The second kappa shape index (κ2) is 9.36. The Labute approximate surface area is 170 Å². The fourth-order valence-electron chi connectivity index (χ4n) is 2.96. The van der Waals surface area contributed by atoms with Crippen LogP contribution in [-0.2, 0) is 21.2 Å². The molecular formula is C19H23ClFN3O3S. The molecule has 1 unspecified atom stereocenters. The molecule has 1 heterocycles. The highest BCUT2D eigenvalue weighted by Crippen LogP contribution is 2.17. The molecule has 2 N–H and O–H groups in total. The van der Waals surface area contributed by atoms with Gasteiger partial charge < -0.3 is 10.2 Å². The van der Waals surface area contributed by atoms with Gasteiger partial charge in [0.25, 0.3) is 10.0 Å². The van der Waals surface area contributed by atoms with Gasteiger partial charge >= 0.3 is 0 Å². The molecule has 3 rings (SSSR count). The van der Waals surface area contributed by atoms with E-state index in [2.05, 4.69) is 10.0 Å². The van der Waals surface area contributed by atoms with E-state index in [1.54, 1.807) is 24.3 Å². The number of hydrogen-bond acceptors (Lipinski definition) is 4. The van der Waals surface area contributed by atoms with E-state index < -0.39 is 15.8 Å². The van der Waals surface area contributed by atoms with E-state index in [-0.39, 0.29) is 35.7 Å². The van der Waals surface area contributed by atoms with Crippen LogP contribution in [0.3, 0.4) is 0 Å². The third kappa shape index (κ3) is 5.67. The predicted octanol–water partition coefficient (Wildman–Crippen LogP) is 2.41. The molecule has 0 radical (unpaired) electrons. The van der Waals surface area contributed by atoms with Crippen LogP contribution in [-0.4, -0.2) is 44.9 Å². The highest BCUT2D eigenvalue weighted by molar-refractivity contribution is 7.92. The number of amides is 1. The number of piperazine rings is 1. The highest BCUT2D eigenvalue weighted by atomic mass is 35.5. The topological polar surface area (TPSA) is 78.5 Å². The minimum atomic E-state index is -3.79. The molecule has 1 saturated heterocycles. The molecule has 6 nitrogen and oxygen atoms in total. The summed E-state index contributed by atoms with van der Waals surface area (Å²) in [5.74, 6) is -0.440. The van der Waals surface area contributed by atoms with Crippen molar-refractivity contribution in [2.75, 3.05) is 24.4 Å². The van der Waals surface area contributed by atoms with Crippen LogP contribution < -0.4 is 10.0 Å². The van der Waals surface area contributed by atoms with E-state index >= 15 is 0 Å². The van der Waals surface area contributed by atoms with Gasteiger partial charge in [-0.15, -0.1) is 12.4 Å². The zero-order chi connectivity index (χ0) is 19.4. The summed E-state index contributed by atoms with van der Waals surface area (Å²) in [5, 5.41) is 3.30. The normalized spacial score (nSPS) is 16.9. The second-order valence-electron chi connectivity index (χ2n) is 6.63. The molecule has 0 saturated carbocycles. The smallest absolute Gasteiger partial charge is 0.261 e. The molecule has 0 spiro atoms. The minimum Gasteiger partial charge on any atom is -0.340 e. The van der Waals surface area contributed by atoms with E-state index in [1.165, 1.54) is 12.1 Å². The van der Waals surface area contributed by atoms with Gasteiger partial charge in [0.05, 0.1) is 11.3 Å². The summed E-state index contributed by atoms with van der Waals surface area (Å²) in [6.45, 7) is 4.21. The van der Waals surface area contributed by atoms with Crippen molar-refractivity contribution in [3.8, 4) is 0 Å². The van der Waals surface area contributed by atoms with Crippen LogP contribution in [0.4, 0.5) is 10.1 Å². The first-order valence-electron chi connectivity index (χ1n) is 8.72. The number of benzene rings is 2. The van der Waals surface area contributed by atoms with Crippen molar-refractivity contribution in [2.24, 2.45) is 0 Å². The summed E-state index contributed by atoms with van der Waals surface area (Å²) in [6.07, 6.45) is 0.276. The number of nitrogens with zero attached hydrogens (tertiary/aromatic N) is 1. The van der Waals surface area contributed by atoms with Crippen molar-refractivity contribution in [1.29, 1.82) is 0 Å². The van der Waals surface area contributed by atoms with Gasteiger partial charge in [-0.2, -0.15) is 0 Å². The van der Waals surface area contributed by atoms with Gasteiger partial charge in [0.2, 0.25) is 5.91 Å². The Bertz CT molecular complexity index is 905. The summed E-state index contributed by atoms with van der Waals surface area (Å²) >= 11 is 0. The van der Waals surface area contributed by atoms with Gasteiger partial charge in [-0.25, -0.2) is 12.8 Å². The van der Waals surface area contributed by atoms with Gasteiger partial charge in [0, 0.05) is 31.4 Å². The van der Waals surface area contributed by atoms with Crippen LogP contribution in [0.25, 0.3) is 0 Å². The zero-order valence-corrected chi connectivity index (χ0v) is 17.0. The number of carbonyl (C=O) groups excluding carboxylic acids is 1.